The van der Waals surface area contributed by atoms with Gasteiger partial charge in [0.25, 0.3) is 0 Å². The highest BCUT2D eigenvalue weighted by Gasteiger charge is 2.24. The van der Waals surface area contributed by atoms with Crippen LogP contribution in [0.15, 0.2) is 109 Å². The van der Waals surface area contributed by atoms with Crippen molar-refractivity contribution in [2.24, 2.45) is 0 Å². The third-order valence-corrected chi connectivity index (χ3v) is 8.47. The second-order valence-electron chi connectivity index (χ2n) is 10.0. The van der Waals surface area contributed by atoms with E-state index in [-0.39, 0.29) is 0 Å². The lowest BCUT2D eigenvalue weighted by molar-refractivity contribution is 1.49. The van der Waals surface area contributed by atoms with Crippen LogP contribution in [-0.4, -0.2) is 0 Å². The van der Waals surface area contributed by atoms with Gasteiger partial charge in [-0.05, 0) is 91.7 Å². The fourth-order valence-corrected chi connectivity index (χ4v) is 6.68. The van der Waals surface area contributed by atoms with Crippen LogP contribution in [0.2, 0.25) is 10.0 Å². The first-order valence-electron chi connectivity index (χ1n) is 12.8. The first-order chi connectivity index (χ1) is 18.5. The minimum absolute atomic E-state index is 0.705. The van der Waals surface area contributed by atoms with Crippen LogP contribution in [0.3, 0.4) is 0 Å². The van der Waals surface area contributed by atoms with Crippen LogP contribution < -0.4 is 0 Å². The van der Waals surface area contributed by atoms with E-state index < -0.39 is 0 Å². The van der Waals surface area contributed by atoms with Gasteiger partial charge in [-0.1, -0.05) is 120 Å². The Kier molecular flexibility index (Phi) is 5.44. The zero-order chi connectivity index (χ0) is 26.0. The van der Waals surface area contributed by atoms with Gasteiger partial charge in [0.15, 0.2) is 0 Å². The van der Waals surface area contributed by atoms with E-state index in [1.54, 1.807) is 0 Å². The van der Waals surface area contributed by atoms with Gasteiger partial charge in [-0.3, -0.25) is 0 Å². The first-order valence-corrected chi connectivity index (χ1v) is 13.6. The highest BCUT2D eigenvalue weighted by Crippen LogP contribution is 2.51. The molecule has 0 fully saturated rings. The number of aryl methyl sites for hydroxylation is 2. The molecule has 0 aliphatic rings. The molecule has 7 aromatic rings. The molecule has 0 unspecified atom stereocenters. The number of fused-ring (bicyclic) bond motifs is 4. The predicted molar refractivity (Wildman–Crippen MR) is 167 cm³/mol. The quantitative estimate of drug-likeness (QED) is 0.196. The maximum absolute atomic E-state index is 7.15. The van der Waals surface area contributed by atoms with E-state index in [0.717, 1.165) is 21.9 Å². The fraction of sp³-hybridized carbons (Fsp3) is 0.0556. The van der Waals surface area contributed by atoms with Crippen molar-refractivity contribution in [2.75, 3.05) is 0 Å². The maximum Gasteiger partial charge on any atom is 0.0492 e. The van der Waals surface area contributed by atoms with Gasteiger partial charge in [-0.2, -0.15) is 0 Å². The summed E-state index contributed by atoms with van der Waals surface area (Å²) < 4.78 is 0. The smallest absolute Gasteiger partial charge is 0.0492 e. The molecule has 0 aliphatic heterocycles. The van der Waals surface area contributed by atoms with Crippen LogP contribution >= 0.6 is 23.2 Å². The molecule has 38 heavy (non-hydrogen) atoms. The van der Waals surface area contributed by atoms with Crippen LogP contribution in [0, 0.1) is 13.8 Å². The topological polar surface area (TPSA) is 0 Å². The highest BCUT2D eigenvalue weighted by atomic mass is 35.5. The van der Waals surface area contributed by atoms with E-state index in [0.29, 0.717) is 10.0 Å². The standard InChI is InChI=1S/C36H24Cl2/c1-21-15-17-23-9-3-5-11-25(23)31(21)33-27-13-7-8-14-28(27)34(36-30(38)20-19-29(37)35(33)36)32-22(2)16-18-24-10-4-6-12-26(24)32/h3-20H,1-2H3. The Morgan fingerprint density at radius 3 is 1.16 bits per heavy atom. The molecule has 2 heteroatoms. The zero-order valence-corrected chi connectivity index (χ0v) is 22.7. The van der Waals surface area contributed by atoms with Crippen LogP contribution in [0.5, 0.6) is 0 Å². The average Bonchev–Trinajstić information content (AvgIpc) is 2.94. The molecule has 0 amide bonds. The molecule has 0 bridgehead atoms. The lowest BCUT2D eigenvalue weighted by Gasteiger charge is -2.23. The molecule has 0 spiro atoms. The summed E-state index contributed by atoms with van der Waals surface area (Å²) in [6.07, 6.45) is 0. The van der Waals surface area contributed by atoms with E-state index in [9.17, 15) is 0 Å². The second-order valence-corrected chi connectivity index (χ2v) is 10.8. The maximum atomic E-state index is 7.15. The lowest BCUT2D eigenvalue weighted by atomic mass is 9.81. The van der Waals surface area contributed by atoms with Gasteiger partial charge in [0.2, 0.25) is 0 Å². The predicted octanol–water partition coefficient (Wildman–Crippen LogP) is 11.6. The third-order valence-electron chi connectivity index (χ3n) is 7.84. The van der Waals surface area contributed by atoms with E-state index in [2.05, 4.69) is 111 Å². The Bertz CT molecular complexity index is 1920. The monoisotopic (exact) mass is 526 g/mol. The first kappa shape index (κ1) is 23.3. The molecular weight excluding hydrogens is 503 g/mol. The normalized spacial score (nSPS) is 11.7. The Labute approximate surface area is 232 Å². The van der Waals surface area contributed by atoms with Crippen LogP contribution in [-0.2, 0) is 0 Å². The van der Waals surface area contributed by atoms with Crippen LogP contribution in [0.4, 0.5) is 0 Å². The molecule has 0 atom stereocenters. The van der Waals surface area contributed by atoms with Gasteiger partial charge in [0, 0.05) is 20.8 Å². The molecule has 182 valence electrons. The molecule has 0 saturated carbocycles. The molecule has 7 aromatic carbocycles. The molecule has 0 heterocycles. The molecule has 0 N–H and O–H groups in total. The van der Waals surface area contributed by atoms with Crippen LogP contribution in [0.1, 0.15) is 11.1 Å². The lowest BCUT2D eigenvalue weighted by Crippen LogP contribution is -1.96. The van der Waals surface area contributed by atoms with Gasteiger partial charge >= 0.3 is 0 Å². The van der Waals surface area contributed by atoms with Gasteiger partial charge in [-0.25, -0.2) is 0 Å². The molecular formula is C36H24Cl2. The van der Waals surface area contributed by atoms with E-state index in [4.69, 9.17) is 23.2 Å². The van der Waals surface area contributed by atoms with Gasteiger partial charge in [0.05, 0.1) is 0 Å². The molecule has 0 aromatic heterocycles. The van der Waals surface area contributed by atoms with Crippen molar-refractivity contribution >= 4 is 66.3 Å². The molecule has 7 rings (SSSR count). The van der Waals surface area contributed by atoms with Gasteiger partial charge < -0.3 is 0 Å². The summed E-state index contributed by atoms with van der Waals surface area (Å²) in [5, 5.41) is 10.6. The summed E-state index contributed by atoms with van der Waals surface area (Å²) in [6, 6.07) is 38.5. The fourth-order valence-electron chi connectivity index (χ4n) is 6.17. The van der Waals surface area contributed by atoms with E-state index in [1.807, 2.05) is 12.1 Å². The van der Waals surface area contributed by atoms with Crippen molar-refractivity contribution in [3.05, 3.63) is 130 Å². The summed E-state index contributed by atoms with van der Waals surface area (Å²) in [4.78, 5) is 0. The molecule has 0 radical (unpaired) electrons. The van der Waals surface area contributed by atoms with Crippen molar-refractivity contribution < 1.29 is 0 Å². The largest absolute Gasteiger partial charge is 0.0836 e. The number of benzene rings is 7. The van der Waals surface area contributed by atoms with Crippen molar-refractivity contribution in [2.45, 2.75) is 13.8 Å². The highest BCUT2D eigenvalue weighted by molar-refractivity contribution is 6.45. The number of halogens is 2. The van der Waals surface area contributed by atoms with Crippen molar-refractivity contribution in [1.29, 1.82) is 0 Å². The van der Waals surface area contributed by atoms with Gasteiger partial charge in [0.1, 0.15) is 0 Å². The Balaban J connectivity index is 1.79. The van der Waals surface area contributed by atoms with Gasteiger partial charge in [-0.15, -0.1) is 0 Å². The summed E-state index contributed by atoms with van der Waals surface area (Å²) in [5.74, 6) is 0. The number of hydrogen-bond acceptors (Lipinski definition) is 0. The second kappa shape index (κ2) is 8.88. The van der Waals surface area contributed by atoms with Crippen LogP contribution in [0.25, 0.3) is 65.3 Å². The summed E-state index contributed by atoms with van der Waals surface area (Å²) in [7, 11) is 0. The van der Waals surface area contributed by atoms with Crippen molar-refractivity contribution in [1.82, 2.24) is 0 Å². The third kappa shape index (κ3) is 3.38. The summed E-state index contributed by atoms with van der Waals surface area (Å²) in [6.45, 7) is 4.37. The molecule has 0 saturated heterocycles. The zero-order valence-electron chi connectivity index (χ0n) is 21.1. The van der Waals surface area contributed by atoms with Crippen molar-refractivity contribution in [3.63, 3.8) is 0 Å². The minimum atomic E-state index is 0.705. The summed E-state index contributed by atoms with van der Waals surface area (Å²) in [5.41, 5.74) is 7.10. The van der Waals surface area contributed by atoms with E-state index in [1.165, 1.54) is 54.6 Å². The SMILES string of the molecule is Cc1ccc2ccccc2c1-c1c2ccccc2c(-c2c(C)ccc3ccccc23)c2c(Cl)ccc(Cl)c12. The minimum Gasteiger partial charge on any atom is -0.0836 e. The summed E-state index contributed by atoms with van der Waals surface area (Å²) >= 11 is 14.3. The Hall–Kier alpha value is -3.84. The van der Waals surface area contributed by atoms with E-state index >= 15 is 0 Å². The molecule has 0 aliphatic carbocycles. The van der Waals surface area contributed by atoms with Crippen molar-refractivity contribution in [3.8, 4) is 22.3 Å². The average molecular weight is 527 g/mol. The Morgan fingerprint density at radius 1 is 0.368 bits per heavy atom. The number of rotatable bonds is 2. The number of hydrogen-bond donors (Lipinski definition) is 0. The molecule has 0 nitrogen and oxygen atoms in total. The Morgan fingerprint density at radius 2 is 0.737 bits per heavy atom.